The first-order chi connectivity index (χ1) is 12.7. The normalized spacial score (nSPS) is 20.5. The Kier molecular flexibility index (Phi) is 4.84. The number of para-hydroxylation sites is 2. The highest BCUT2D eigenvalue weighted by molar-refractivity contribution is 7.67. The second kappa shape index (κ2) is 7.26. The highest BCUT2D eigenvalue weighted by atomic mass is 31.2. The van der Waals surface area contributed by atoms with Crippen molar-refractivity contribution in [1.82, 2.24) is 4.90 Å². The molecule has 2 aromatic rings. The molecule has 2 aliphatic heterocycles. The van der Waals surface area contributed by atoms with Crippen molar-refractivity contribution >= 4 is 24.6 Å². The van der Waals surface area contributed by atoms with Gasteiger partial charge in [-0.3, -0.25) is 14.3 Å². The van der Waals surface area contributed by atoms with Crippen LogP contribution in [0.2, 0.25) is 0 Å². The summed E-state index contributed by atoms with van der Waals surface area (Å²) in [6, 6.07) is 20.0. The molecule has 0 unspecified atom stereocenters. The van der Waals surface area contributed by atoms with E-state index in [1.807, 2.05) is 60.7 Å². The van der Waals surface area contributed by atoms with E-state index < -0.39 is 7.44 Å². The number of Topliss-reactive ketones (excluding diaryl/α,β-unsaturated/α-hetero) is 1. The summed E-state index contributed by atoms with van der Waals surface area (Å²) in [6.45, 7) is 2.88. The molecule has 4 rings (SSSR count). The molecular formula is C20H24N3O2P. The summed E-state index contributed by atoms with van der Waals surface area (Å²) >= 11 is 0. The fraction of sp³-hybridized carbons (Fsp3) is 0.350. The molecule has 0 atom stereocenters. The Labute approximate surface area is 154 Å². The zero-order chi connectivity index (χ0) is 18.0. The Balaban J connectivity index is 1.67. The monoisotopic (exact) mass is 369 g/mol. The number of ketones is 1. The third kappa shape index (κ3) is 3.29. The maximum absolute atomic E-state index is 14.4. The quantitative estimate of drug-likeness (QED) is 0.767. The van der Waals surface area contributed by atoms with Crippen molar-refractivity contribution in [2.24, 2.45) is 0 Å². The SMILES string of the molecule is O=C1CCN(CP2(=O)N(c3ccccc3)CCN2c2ccccc2)CC1. The van der Waals surface area contributed by atoms with E-state index in [2.05, 4.69) is 14.2 Å². The zero-order valence-electron chi connectivity index (χ0n) is 14.8. The van der Waals surface area contributed by atoms with E-state index in [1.165, 1.54) is 0 Å². The molecule has 26 heavy (non-hydrogen) atoms. The number of carbonyl (C=O) groups is 1. The lowest BCUT2D eigenvalue weighted by atomic mass is 10.1. The number of carbonyl (C=O) groups excluding carboxylic acids is 1. The molecule has 0 bridgehead atoms. The van der Waals surface area contributed by atoms with Gasteiger partial charge >= 0.3 is 0 Å². The average molecular weight is 369 g/mol. The van der Waals surface area contributed by atoms with E-state index in [0.29, 0.717) is 38.0 Å². The highest BCUT2D eigenvalue weighted by Gasteiger charge is 2.44. The van der Waals surface area contributed by atoms with Gasteiger partial charge in [-0.05, 0) is 24.3 Å². The molecule has 136 valence electrons. The van der Waals surface area contributed by atoms with Crippen LogP contribution in [0.15, 0.2) is 60.7 Å². The van der Waals surface area contributed by atoms with Gasteiger partial charge < -0.3 is 9.34 Å². The molecule has 0 aromatic heterocycles. The van der Waals surface area contributed by atoms with Gasteiger partial charge in [-0.15, -0.1) is 0 Å². The summed E-state index contributed by atoms with van der Waals surface area (Å²) in [6.07, 6.45) is 1.62. The Morgan fingerprint density at radius 3 is 1.65 bits per heavy atom. The van der Waals surface area contributed by atoms with E-state index in [0.717, 1.165) is 24.5 Å². The highest BCUT2D eigenvalue weighted by Crippen LogP contribution is 2.60. The number of benzene rings is 2. The van der Waals surface area contributed by atoms with Crippen molar-refractivity contribution in [3.05, 3.63) is 60.7 Å². The molecule has 0 amide bonds. The third-order valence-electron chi connectivity index (χ3n) is 5.18. The molecule has 2 fully saturated rings. The van der Waals surface area contributed by atoms with Crippen molar-refractivity contribution < 1.29 is 9.36 Å². The lowest BCUT2D eigenvalue weighted by molar-refractivity contribution is -0.121. The molecule has 0 N–H and O–H groups in total. The zero-order valence-corrected chi connectivity index (χ0v) is 15.7. The molecule has 0 spiro atoms. The number of anilines is 2. The lowest BCUT2D eigenvalue weighted by Crippen LogP contribution is -2.38. The Bertz CT molecular complexity index is 751. The lowest BCUT2D eigenvalue weighted by Gasteiger charge is -2.37. The van der Waals surface area contributed by atoms with Gasteiger partial charge in [0.15, 0.2) is 0 Å². The number of hydrogen-bond donors (Lipinski definition) is 0. The van der Waals surface area contributed by atoms with E-state index >= 15 is 0 Å². The van der Waals surface area contributed by atoms with Crippen LogP contribution in [0, 0.1) is 0 Å². The Morgan fingerprint density at radius 2 is 1.19 bits per heavy atom. The summed E-state index contributed by atoms with van der Waals surface area (Å²) in [5.41, 5.74) is 2.00. The summed E-state index contributed by atoms with van der Waals surface area (Å²) < 4.78 is 18.5. The topological polar surface area (TPSA) is 43.9 Å². The molecule has 2 saturated heterocycles. The van der Waals surface area contributed by atoms with Crippen molar-refractivity contribution in [1.29, 1.82) is 0 Å². The molecule has 6 heteroatoms. The van der Waals surface area contributed by atoms with Gasteiger partial charge in [-0.2, -0.15) is 0 Å². The van der Waals surface area contributed by atoms with Crippen LogP contribution in [-0.2, 0) is 9.36 Å². The second-order valence-corrected chi connectivity index (χ2v) is 9.46. The molecule has 2 aliphatic rings. The van der Waals surface area contributed by atoms with Crippen molar-refractivity contribution in [2.75, 3.05) is 41.8 Å². The van der Waals surface area contributed by atoms with Gasteiger partial charge in [0.2, 0.25) is 0 Å². The van der Waals surface area contributed by atoms with Gasteiger partial charge in [0, 0.05) is 50.4 Å². The summed E-state index contributed by atoms with van der Waals surface area (Å²) in [7, 11) is -2.84. The second-order valence-electron chi connectivity index (χ2n) is 6.88. The smallest absolute Gasteiger partial charge is 0.276 e. The van der Waals surface area contributed by atoms with E-state index in [-0.39, 0.29) is 0 Å². The average Bonchev–Trinajstić information content (AvgIpc) is 3.02. The minimum absolute atomic E-state index is 0.311. The minimum Gasteiger partial charge on any atom is -0.304 e. The molecule has 2 heterocycles. The first-order valence-electron chi connectivity index (χ1n) is 9.16. The van der Waals surface area contributed by atoms with Crippen molar-refractivity contribution in [3.63, 3.8) is 0 Å². The maximum Gasteiger partial charge on any atom is 0.276 e. The predicted molar refractivity (Wildman–Crippen MR) is 106 cm³/mol. The van der Waals surface area contributed by atoms with E-state index in [9.17, 15) is 9.36 Å². The minimum atomic E-state index is -2.84. The molecule has 0 saturated carbocycles. The van der Waals surface area contributed by atoms with E-state index in [4.69, 9.17) is 0 Å². The van der Waals surface area contributed by atoms with Gasteiger partial charge in [0.1, 0.15) is 5.78 Å². The van der Waals surface area contributed by atoms with Gasteiger partial charge in [-0.25, -0.2) is 0 Å². The number of hydrogen-bond acceptors (Lipinski definition) is 3. The van der Waals surface area contributed by atoms with Gasteiger partial charge in [0.05, 0.1) is 6.29 Å². The Hall–Kier alpha value is -2.10. The molecule has 0 aliphatic carbocycles. The van der Waals surface area contributed by atoms with Crippen molar-refractivity contribution in [3.8, 4) is 0 Å². The molecule has 2 aromatic carbocycles. The van der Waals surface area contributed by atoms with Crippen LogP contribution in [0.3, 0.4) is 0 Å². The van der Waals surface area contributed by atoms with Crippen LogP contribution in [0.1, 0.15) is 12.8 Å². The largest absolute Gasteiger partial charge is 0.304 e. The van der Waals surface area contributed by atoms with Crippen LogP contribution in [0.4, 0.5) is 11.4 Å². The Morgan fingerprint density at radius 1 is 0.731 bits per heavy atom. The fourth-order valence-corrected chi connectivity index (χ4v) is 6.97. The standard InChI is InChI=1S/C20H24N3O2P/c24-20-11-13-21(14-12-20)17-26(25)22(18-7-3-1-4-8-18)15-16-23(26)19-9-5-2-6-10-19/h1-10H,11-17H2. The number of rotatable bonds is 4. The van der Waals surface area contributed by atoms with Gasteiger partial charge in [-0.1, -0.05) is 36.4 Å². The molecule has 5 nitrogen and oxygen atoms in total. The number of piperidine rings is 1. The van der Waals surface area contributed by atoms with Gasteiger partial charge in [0.25, 0.3) is 7.44 Å². The third-order valence-corrected chi connectivity index (χ3v) is 8.32. The van der Waals surface area contributed by atoms with Crippen LogP contribution in [0.5, 0.6) is 0 Å². The molecule has 0 radical (unpaired) electrons. The van der Waals surface area contributed by atoms with Crippen LogP contribution in [-0.4, -0.2) is 43.1 Å². The first-order valence-corrected chi connectivity index (χ1v) is 11.0. The fourth-order valence-electron chi connectivity index (χ4n) is 3.81. The molecular weight excluding hydrogens is 345 g/mol. The number of likely N-dealkylation sites (tertiary alicyclic amines) is 1. The maximum atomic E-state index is 14.4. The number of nitrogens with zero attached hydrogens (tertiary/aromatic N) is 3. The van der Waals surface area contributed by atoms with E-state index in [1.54, 1.807) is 0 Å². The van der Waals surface area contributed by atoms with Crippen LogP contribution in [0.25, 0.3) is 0 Å². The summed E-state index contributed by atoms with van der Waals surface area (Å²) in [5.74, 6) is 0.311. The van der Waals surface area contributed by atoms with Crippen molar-refractivity contribution in [2.45, 2.75) is 12.8 Å². The predicted octanol–water partition coefficient (Wildman–Crippen LogP) is 3.83. The summed E-state index contributed by atoms with van der Waals surface area (Å²) in [5, 5.41) is 0. The first kappa shape index (κ1) is 17.3. The van der Waals surface area contributed by atoms with Crippen LogP contribution < -0.4 is 9.34 Å². The summed E-state index contributed by atoms with van der Waals surface area (Å²) in [4.78, 5) is 13.8. The van der Waals surface area contributed by atoms with Crippen LogP contribution >= 0.6 is 7.44 Å².